The minimum Gasteiger partial charge on any atom is -0.350 e. The standard InChI is InChI=1S/C24H24N2O2/c1-18(19-11-5-2-6-12-19)25-23(27)17-22(20-13-7-3-8-14-20)26-24(28)21-15-9-4-10-16-21/h2-16,18,22H,17H2,1H3,(H,25,27)(H,26,28). The quantitative estimate of drug-likeness (QED) is 0.645. The fraction of sp³-hybridized carbons (Fsp3) is 0.167. The summed E-state index contributed by atoms with van der Waals surface area (Å²) in [4.78, 5) is 25.3. The lowest BCUT2D eigenvalue weighted by Crippen LogP contribution is -2.34. The molecule has 3 aromatic carbocycles. The maximum atomic E-state index is 12.7. The second kappa shape index (κ2) is 9.51. The van der Waals surface area contributed by atoms with E-state index >= 15 is 0 Å². The summed E-state index contributed by atoms with van der Waals surface area (Å²) < 4.78 is 0. The highest BCUT2D eigenvalue weighted by atomic mass is 16.2. The van der Waals surface area contributed by atoms with E-state index in [9.17, 15) is 9.59 Å². The predicted octanol–water partition coefficient (Wildman–Crippen LogP) is 4.43. The van der Waals surface area contributed by atoms with Crippen molar-refractivity contribution in [1.29, 1.82) is 0 Å². The van der Waals surface area contributed by atoms with Gasteiger partial charge in [-0.3, -0.25) is 9.59 Å². The van der Waals surface area contributed by atoms with Gasteiger partial charge in [-0.05, 0) is 30.2 Å². The van der Waals surface area contributed by atoms with Gasteiger partial charge in [-0.25, -0.2) is 0 Å². The first kappa shape index (κ1) is 19.4. The van der Waals surface area contributed by atoms with Gasteiger partial charge in [0.2, 0.25) is 5.91 Å². The van der Waals surface area contributed by atoms with Gasteiger partial charge in [0, 0.05) is 5.56 Å². The average Bonchev–Trinajstić information content (AvgIpc) is 2.75. The number of benzene rings is 3. The van der Waals surface area contributed by atoms with E-state index in [4.69, 9.17) is 0 Å². The summed E-state index contributed by atoms with van der Waals surface area (Å²) in [5.74, 6) is -0.308. The van der Waals surface area contributed by atoms with Crippen LogP contribution in [0.5, 0.6) is 0 Å². The topological polar surface area (TPSA) is 58.2 Å². The number of rotatable bonds is 7. The van der Waals surface area contributed by atoms with Crippen LogP contribution in [-0.4, -0.2) is 11.8 Å². The van der Waals surface area contributed by atoms with Crippen LogP contribution in [0, 0.1) is 0 Å². The van der Waals surface area contributed by atoms with Crippen molar-refractivity contribution in [3.8, 4) is 0 Å². The largest absolute Gasteiger partial charge is 0.350 e. The fourth-order valence-electron chi connectivity index (χ4n) is 3.08. The zero-order chi connectivity index (χ0) is 19.8. The number of carbonyl (C=O) groups excluding carboxylic acids is 2. The summed E-state index contributed by atoms with van der Waals surface area (Å²) in [6, 6.07) is 27.9. The van der Waals surface area contributed by atoms with E-state index in [0.29, 0.717) is 5.56 Å². The Morgan fingerprint density at radius 3 is 1.79 bits per heavy atom. The van der Waals surface area contributed by atoms with Gasteiger partial charge < -0.3 is 10.6 Å². The Labute approximate surface area is 165 Å². The van der Waals surface area contributed by atoms with Crippen LogP contribution in [0.1, 0.15) is 46.9 Å². The third-order valence-electron chi connectivity index (χ3n) is 4.61. The van der Waals surface area contributed by atoms with Gasteiger partial charge in [-0.1, -0.05) is 78.9 Å². The zero-order valence-corrected chi connectivity index (χ0v) is 15.8. The monoisotopic (exact) mass is 372 g/mol. The molecular formula is C24H24N2O2. The fourth-order valence-corrected chi connectivity index (χ4v) is 3.08. The van der Waals surface area contributed by atoms with Gasteiger partial charge in [0.15, 0.2) is 0 Å². The molecule has 4 heteroatoms. The highest BCUT2D eigenvalue weighted by Gasteiger charge is 2.20. The predicted molar refractivity (Wildman–Crippen MR) is 111 cm³/mol. The number of amides is 2. The summed E-state index contributed by atoms with van der Waals surface area (Å²) in [6.45, 7) is 1.95. The molecule has 142 valence electrons. The molecule has 0 aromatic heterocycles. The van der Waals surface area contributed by atoms with Crippen molar-refractivity contribution in [3.63, 3.8) is 0 Å². The van der Waals surface area contributed by atoms with E-state index in [2.05, 4.69) is 10.6 Å². The lowest BCUT2D eigenvalue weighted by Gasteiger charge is -2.21. The Kier molecular flexibility index (Phi) is 6.58. The van der Waals surface area contributed by atoms with Crippen LogP contribution in [0.4, 0.5) is 0 Å². The van der Waals surface area contributed by atoms with Crippen LogP contribution in [0.15, 0.2) is 91.0 Å². The molecule has 0 fully saturated rings. The number of nitrogens with one attached hydrogen (secondary N) is 2. The summed E-state index contributed by atoms with van der Waals surface area (Å²) in [5, 5.41) is 6.01. The van der Waals surface area contributed by atoms with Gasteiger partial charge in [0.1, 0.15) is 0 Å². The second-order valence-corrected chi connectivity index (χ2v) is 6.71. The lowest BCUT2D eigenvalue weighted by molar-refractivity contribution is -0.122. The molecule has 0 aliphatic carbocycles. The maximum Gasteiger partial charge on any atom is 0.251 e. The number of hydrogen-bond donors (Lipinski definition) is 2. The van der Waals surface area contributed by atoms with Crippen LogP contribution >= 0.6 is 0 Å². The van der Waals surface area contributed by atoms with Crippen LogP contribution < -0.4 is 10.6 Å². The molecule has 0 aliphatic heterocycles. The van der Waals surface area contributed by atoms with Crippen LogP contribution in [0.2, 0.25) is 0 Å². The van der Waals surface area contributed by atoms with E-state index in [0.717, 1.165) is 11.1 Å². The Bertz CT molecular complexity index is 896. The van der Waals surface area contributed by atoms with Crippen molar-refractivity contribution in [1.82, 2.24) is 10.6 Å². The lowest BCUT2D eigenvalue weighted by atomic mass is 10.0. The van der Waals surface area contributed by atoms with Crippen molar-refractivity contribution in [2.45, 2.75) is 25.4 Å². The van der Waals surface area contributed by atoms with Crippen LogP contribution in [0.25, 0.3) is 0 Å². The van der Waals surface area contributed by atoms with Gasteiger partial charge in [0.05, 0.1) is 18.5 Å². The van der Waals surface area contributed by atoms with Crippen molar-refractivity contribution in [3.05, 3.63) is 108 Å². The first-order valence-corrected chi connectivity index (χ1v) is 9.38. The Morgan fingerprint density at radius 2 is 1.21 bits per heavy atom. The molecule has 0 heterocycles. The molecule has 0 aliphatic rings. The number of hydrogen-bond acceptors (Lipinski definition) is 2. The molecule has 0 saturated heterocycles. The summed E-state index contributed by atoms with van der Waals surface area (Å²) >= 11 is 0. The van der Waals surface area contributed by atoms with Crippen molar-refractivity contribution >= 4 is 11.8 Å². The molecular weight excluding hydrogens is 348 g/mol. The normalized spacial score (nSPS) is 12.6. The number of carbonyl (C=O) groups is 2. The molecule has 0 bridgehead atoms. The van der Waals surface area contributed by atoms with E-state index in [-0.39, 0.29) is 24.3 Å². The van der Waals surface area contributed by atoms with E-state index in [1.165, 1.54) is 0 Å². The van der Waals surface area contributed by atoms with Crippen molar-refractivity contribution < 1.29 is 9.59 Å². The zero-order valence-electron chi connectivity index (χ0n) is 15.8. The molecule has 2 unspecified atom stereocenters. The molecule has 4 nitrogen and oxygen atoms in total. The summed E-state index contributed by atoms with van der Waals surface area (Å²) in [6.07, 6.45) is 0.166. The van der Waals surface area contributed by atoms with Gasteiger partial charge >= 0.3 is 0 Å². The van der Waals surface area contributed by atoms with Crippen LogP contribution in [-0.2, 0) is 4.79 Å². The Hall–Kier alpha value is -3.40. The molecule has 3 aromatic rings. The van der Waals surface area contributed by atoms with Gasteiger partial charge in [0.25, 0.3) is 5.91 Å². The molecule has 0 spiro atoms. The molecule has 0 saturated carbocycles. The molecule has 2 amide bonds. The van der Waals surface area contributed by atoms with Gasteiger partial charge in [-0.2, -0.15) is 0 Å². The average molecular weight is 372 g/mol. The highest BCUT2D eigenvalue weighted by Crippen LogP contribution is 2.19. The van der Waals surface area contributed by atoms with Crippen LogP contribution in [0.3, 0.4) is 0 Å². The molecule has 0 radical (unpaired) electrons. The van der Waals surface area contributed by atoms with Crippen molar-refractivity contribution in [2.24, 2.45) is 0 Å². The maximum absolute atomic E-state index is 12.7. The van der Waals surface area contributed by atoms with E-state index in [1.807, 2.05) is 85.8 Å². The first-order valence-electron chi connectivity index (χ1n) is 9.38. The summed E-state index contributed by atoms with van der Waals surface area (Å²) in [7, 11) is 0. The molecule has 3 rings (SSSR count). The van der Waals surface area contributed by atoms with Gasteiger partial charge in [-0.15, -0.1) is 0 Å². The SMILES string of the molecule is CC(NC(=O)CC(NC(=O)c1ccccc1)c1ccccc1)c1ccccc1. The van der Waals surface area contributed by atoms with Crippen molar-refractivity contribution in [2.75, 3.05) is 0 Å². The molecule has 2 atom stereocenters. The van der Waals surface area contributed by atoms with E-state index in [1.54, 1.807) is 12.1 Å². The third kappa shape index (κ3) is 5.30. The molecule has 28 heavy (non-hydrogen) atoms. The smallest absolute Gasteiger partial charge is 0.251 e. The Balaban J connectivity index is 1.70. The summed E-state index contributed by atoms with van der Waals surface area (Å²) in [5.41, 5.74) is 2.51. The minimum atomic E-state index is -0.406. The first-order chi connectivity index (χ1) is 13.6. The molecule has 2 N–H and O–H groups in total. The minimum absolute atomic E-state index is 0.102. The van der Waals surface area contributed by atoms with E-state index < -0.39 is 6.04 Å². The Morgan fingerprint density at radius 1 is 0.714 bits per heavy atom. The third-order valence-corrected chi connectivity index (χ3v) is 4.61. The highest BCUT2D eigenvalue weighted by molar-refractivity contribution is 5.94. The second-order valence-electron chi connectivity index (χ2n) is 6.71.